The first-order valence-electron chi connectivity index (χ1n) is 6.64. The number of nitrogens with one attached hydrogen (secondary N) is 1. The standard InChI is InChI=1S/C15H18N2O2/c1-17-9-12(11-5-2-3-6-13(11)17)16-10-15(14(18)19)7-4-8-15/h2-3,5-6,9,16H,4,7-8,10H2,1H3,(H,18,19). The van der Waals surface area contributed by atoms with Crippen molar-refractivity contribution in [1.82, 2.24) is 4.57 Å². The summed E-state index contributed by atoms with van der Waals surface area (Å²) in [4.78, 5) is 11.3. The minimum atomic E-state index is -0.675. The molecule has 1 aromatic heterocycles. The van der Waals surface area contributed by atoms with E-state index in [0.717, 1.165) is 35.9 Å². The fraction of sp³-hybridized carbons (Fsp3) is 0.400. The number of hydrogen-bond acceptors (Lipinski definition) is 2. The van der Waals surface area contributed by atoms with Crippen LogP contribution in [0, 0.1) is 5.41 Å². The SMILES string of the molecule is Cn1cc(NCC2(C(=O)O)CCC2)c2ccccc21. The number of aromatic nitrogens is 1. The number of hydrogen-bond donors (Lipinski definition) is 2. The van der Waals surface area contributed by atoms with Crippen LogP contribution in [0.5, 0.6) is 0 Å². The van der Waals surface area contributed by atoms with Crippen molar-refractivity contribution < 1.29 is 9.90 Å². The largest absolute Gasteiger partial charge is 0.481 e. The number of anilines is 1. The van der Waals surface area contributed by atoms with E-state index >= 15 is 0 Å². The van der Waals surface area contributed by atoms with Crippen molar-refractivity contribution in [2.45, 2.75) is 19.3 Å². The van der Waals surface area contributed by atoms with Gasteiger partial charge in [0.05, 0.1) is 11.1 Å². The fourth-order valence-electron chi connectivity index (χ4n) is 2.82. The summed E-state index contributed by atoms with van der Waals surface area (Å²) in [6, 6.07) is 8.14. The van der Waals surface area contributed by atoms with Crippen LogP contribution in [0.2, 0.25) is 0 Å². The van der Waals surface area contributed by atoms with Crippen molar-refractivity contribution >= 4 is 22.6 Å². The van der Waals surface area contributed by atoms with E-state index < -0.39 is 11.4 Å². The predicted molar refractivity (Wildman–Crippen MR) is 75.3 cm³/mol. The summed E-state index contributed by atoms with van der Waals surface area (Å²) in [6.45, 7) is 0.510. The van der Waals surface area contributed by atoms with E-state index in [9.17, 15) is 9.90 Å². The van der Waals surface area contributed by atoms with Gasteiger partial charge in [0.15, 0.2) is 0 Å². The zero-order chi connectivity index (χ0) is 13.5. The maximum atomic E-state index is 11.3. The van der Waals surface area contributed by atoms with Crippen LogP contribution in [-0.2, 0) is 11.8 Å². The van der Waals surface area contributed by atoms with E-state index in [2.05, 4.69) is 22.0 Å². The normalized spacial score (nSPS) is 17.1. The Balaban J connectivity index is 1.84. The van der Waals surface area contributed by atoms with Gasteiger partial charge in [0.2, 0.25) is 0 Å². The molecule has 0 aliphatic heterocycles. The molecule has 1 aliphatic rings. The molecule has 0 atom stereocenters. The summed E-state index contributed by atoms with van der Waals surface area (Å²) in [6.07, 6.45) is 4.60. The molecule has 0 bridgehead atoms. The van der Waals surface area contributed by atoms with Crippen LogP contribution in [0.25, 0.3) is 10.9 Å². The molecule has 2 aromatic rings. The third-order valence-corrected chi connectivity index (χ3v) is 4.28. The van der Waals surface area contributed by atoms with Gasteiger partial charge in [-0.25, -0.2) is 0 Å². The van der Waals surface area contributed by atoms with Crippen molar-refractivity contribution in [3.8, 4) is 0 Å². The lowest BCUT2D eigenvalue weighted by molar-refractivity contribution is -0.153. The number of carboxylic acids is 1. The quantitative estimate of drug-likeness (QED) is 0.886. The van der Waals surface area contributed by atoms with Gasteiger partial charge in [-0.1, -0.05) is 24.6 Å². The first kappa shape index (κ1) is 12.1. The van der Waals surface area contributed by atoms with Crippen LogP contribution < -0.4 is 5.32 Å². The molecule has 1 heterocycles. The van der Waals surface area contributed by atoms with Gasteiger partial charge in [0, 0.05) is 30.7 Å². The predicted octanol–water partition coefficient (Wildman–Crippen LogP) is 2.85. The number of carbonyl (C=O) groups is 1. The molecule has 2 N–H and O–H groups in total. The van der Waals surface area contributed by atoms with E-state index in [0.29, 0.717) is 6.54 Å². The Bertz CT molecular complexity index is 626. The van der Waals surface area contributed by atoms with Crippen molar-refractivity contribution in [3.05, 3.63) is 30.5 Å². The minimum absolute atomic E-state index is 0.510. The maximum absolute atomic E-state index is 11.3. The van der Waals surface area contributed by atoms with Gasteiger partial charge >= 0.3 is 5.97 Å². The highest BCUT2D eigenvalue weighted by molar-refractivity contribution is 5.93. The molecule has 1 aliphatic carbocycles. The summed E-state index contributed by atoms with van der Waals surface area (Å²) in [7, 11) is 2.00. The number of nitrogens with zero attached hydrogens (tertiary/aromatic N) is 1. The zero-order valence-corrected chi connectivity index (χ0v) is 11.0. The van der Waals surface area contributed by atoms with Crippen molar-refractivity contribution in [2.24, 2.45) is 12.5 Å². The molecule has 0 saturated heterocycles. The lowest BCUT2D eigenvalue weighted by atomic mass is 9.69. The highest BCUT2D eigenvalue weighted by atomic mass is 16.4. The molecule has 19 heavy (non-hydrogen) atoms. The van der Waals surface area contributed by atoms with Crippen molar-refractivity contribution in [1.29, 1.82) is 0 Å². The lowest BCUT2D eigenvalue weighted by Crippen LogP contribution is -2.43. The molecule has 100 valence electrons. The molecule has 1 saturated carbocycles. The van der Waals surface area contributed by atoms with Gasteiger partial charge in [0.1, 0.15) is 0 Å². The Labute approximate surface area is 112 Å². The molecule has 0 amide bonds. The summed E-state index contributed by atoms with van der Waals surface area (Å²) in [5, 5.41) is 13.8. The third kappa shape index (κ3) is 1.87. The number of benzene rings is 1. The van der Waals surface area contributed by atoms with Gasteiger partial charge in [0.25, 0.3) is 0 Å². The Morgan fingerprint density at radius 2 is 2.16 bits per heavy atom. The Morgan fingerprint density at radius 1 is 1.42 bits per heavy atom. The van der Waals surface area contributed by atoms with E-state index in [1.807, 2.05) is 25.4 Å². The van der Waals surface area contributed by atoms with Gasteiger partial charge in [-0.15, -0.1) is 0 Å². The number of rotatable bonds is 4. The average molecular weight is 258 g/mol. The summed E-state index contributed by atoms with van der Waals surface area (Å²) in [5.41, 5.74) is 1.62. The molecular formula is C15H18N2O2. The smallest absolute Gasteiger partial charge is 0.311 e. The van der Waals surface area contributed by atoms with Crippen LogP contribution in [0.3, 0.4) is 0 Å². The topological polar surface area (TPSA) is 54.3 Å². The Kier molecular flexibility index (Phi) is 2.73. The average Bonchev–Trinajstić information content (AvgIpc) is 2.66. The van der Waals surface area contributed by atoms with Crippen LogP contribution in [0.1, 0.15) is 19.3 Å². The third-order valence-electron chi connectivity index (χ3n) is 4.28. The molecule has 3 rings (SSSR count). The summed E-state index contributed by atoms with van der Waals surface area (Å²) < 4.78 is 2.06. The molecule has 0 spiro atoms. The van der Waals surface area contributed by atoms with Gasteiger partial charge in [-0.3, -0.25) is 4.79 Å². The van der Waals surface area contributed by atoms with E-state index in [1.54, 1.807) is 0 Å². The first-order chi connectivity index (χ1) is 9.12. The van der Waals surface area contributed by atoms with Crippen molar-refractivity contribution in [2.75, 3.05) is 11.9 Å². The maximum Gasteiger partial charge on any atom is 0.311 e. The Hall–Kier alpha value is -1.97. The first-order valence-corrected chi connectivity index (χ1v) is 6.64. The highest BCUT2D eigenvalue weighted by Crippen LogP contribution is 2.41. The van der Waals surface area contributed by atoms with Gasteiger partial charge in [-0.05, 0) is 18.9 Å². The van der Waals surface area contributed by atoms with Gasteiger partial charge < -0.3 is 15.0 Å². The molecule has 4 heteroatoms. The number of aryl methyl sites for hydroxylation is 1. The van der Waals surface area contributed by atoms with E-state index in [1.165, 1.54) is 0 Å². The van der Waals surface area contributed by atoms with Crippen LogP contribution in [-0.4, -0.2) is 22.2 Å². The Morgan fingerprint density at radius 3 is 2.79 bits per heavy atom. The van der Waals surface area contributed by atoms with Crippen LogP contribution >= 0.6 is 0 Å². The monoisotopic (exact) mass is 258 g/mol. The summed E-state index contributed by atoms with van der Waals surface area (Å²) >= 11 is 0. The van der Waals surface area contributed by atoms with E-state index in [4.69, 9.17) is 0 Å². The molecule has 0 unspecified atom stereocenters. The van der Waals surface area contributed by atoms with Crippen molar-refractivity contribution in [3.63, 3.8) is 0 Å². The molecule has 1 aromatic carbocycles. The fourth-order valence-corrected chi connectivity index (χ4v) is 2.82. The van der Waals surface area contributed by atoms with E-state index in [-0.39, 0.29) is 0 Å². The number of aliphatic carboxylic acids is 1. The molecule has 4 nitrogen and oxygen atoms in total. The van der Waals surface area contributed by atoms with Crippen LogP contribution in [0.4, 0.5) is 5.69 Å². The lowest BCUT2D eigenvalue weighted by Gasteiger charge is -2.37. The number of carboxylic acid groups (broad SMARTS) is 1. The zero-order valence-electron chi connectivity index (χ0n) is 11.0. The molecule has 0 radical (unpaired) electrons. The second-order valence-corrected chi connectivity index (χ2v) is 5.46. The summed E-state index contributed by atoms with van der Waals surface area (Å²) in [5.74, 6) is -0.675. The van der Waals surface area contributed by atoms with Crippen LogP contribution in [0.15, 0.2) is 30.5 Å². The highest BCUT2D eigenvalue weighted by Gasteiger charge is 2.44. The number of para-hydroxylation sites is 1. The number of fused-ring (bicyclic) bond motifs is 1. The van der Waals surface area contributed by atoms with Gasteiger partial charge in [-0.2, -0.15) is 0 Å². The molecule has 1 fully saturated rings. The second-order valence-electron chi connectivity index (χ2n) is 5.46. The second kappa shape index (κ2) is 4.30. The minimum Gasteiger partial charge on any atom is -0.481 e. The molecular weight excluding hydrogens is 240 g/mol.